The maximum atomic E-state index is 13.5. The van der Waals surface area contributed by atoms with Crippen LogP contribution in [0.15, 0.2) is 66.5 Å². The molecule has 3 aromatic rings. The highest BCUT2D eigenvalue weighted by Gasteiger charge is 2.41. The molecular weight excluding hydrogens is 508 g/mol. The van der Waals surface area contributed by atoms with Crippen LogP contribution in [0.25, 0.3) is 6.08 Å². The molecule has 1 fully saturated rings. The first kappa shape index (κ1) is 28.5. The Bertz CT molecular complexity index is 1410. The summed E-state index contributed by atoms with van der Waals surface area (Å²) in [5, 5.41) is 9.24. The topological polar surface area (TPSA) is 113 Å². The molecule has 40 heavy (non-hydrogen) atoms. The average molecular weight is 543 g/mol. The third kappa shape index (κ3) is 6.36. The molecule has 0 unspecified atom stereocenters. The predicted octanol–water partition coefficient (Wildman–Crippen LogP) is 5.26. The van der Waals surface area contributed by atoms with E-state index in [2.05, 4.69) is 11.9 Å². The number of imidazole rings is 1. The van der Waals surface area contributed by atoms with E-state index in [1.807, 2.05) is 17.6 Å². The van der Waals surface area contributed by atoms with Crippen LogP contribution in [-0.4, -0.2) is 61.2 Å². The Kier molecular flexibility index (Phi) is 9.27. The molecular formula is C31H34N4O5. The van der Waals surface area contributed by atoms with Crippen LogP contribution in [0, 0.1) is 0 Å². The normalized spacial score (nSPS) is 14.4. The van der Waals surface area contributed by atoms with Crippen molar-refractivity contribution in [2.45, 2.75) is 52.5 Å². The summed E-state index contributed by atoms with van der Waals surface area (Å²) in [5.41, 5.74) is 2.29. The number of carbonyl (C=O) groups is 4. The van der Waals surface area contributed by atoms with Crippen LogP contribution in [0.3, 0.4) is 0 Å². The number of nitrogens with zero attached hydrogens (tertiary/aromatic N) is 4. The van der Waals surface area contributed by atoms with Gasteiger partial charge in [0.2, 0.25) is 0 Å². The number of urea groups is 1. The van der Waals surface area contributed by atoms with Crippen molar-refractivity contribution in [2.24, 2.45) is 0 Å². The van der Waals surface area contributed by atoms with Crippen LogP contribution in [0.4, 0.5) is 4.79 Å². The smallest absolute Gasteiger partial charge is 0.335 e. The van der Waals surface area contributed by atoms with E-state index >= 15 is 0 Å². The molecule has 9 heteroatoms. The Morgan fingerprint density at radius 3 is 2.25 bits per heavy atom. The van der Waals surface area contributed by atoms with Gasteiger partial charge in [-0.1, -0.05) is 69.2 Å². The second-order valence-corrected chi connectivity index (χ2v) is 9.79. The van der Waals surface area contributed by atoms with Gasteiger partial charge >= 0.3 is 12.0 Å². The number of unbranched alkanes of at least 4 members (excludes halogenated alkanes) is 2. The van der Waals surface area contributed by atoms with Gasteiger partial charge in [-0.3, -0.25) is 19.4 Å². The third-order valence-corrected chi connectivity index (χ3v) is 6.90. The fraction of sp³-hybridized carbons (Fsp3) is 0.323. The van der Waals surface area contributed by atoms with Crippen LogP contribution < -0.4 is 0 Å². The highest BCUT2D eigenvalue weighted by molar-refractivity contribution is 6.15. The van der Waals surface area contributed by atoms with Crippen molar-refractivity contribution in [1.82, 2.24) is 19.4 Å². The van der Waals surface area contributed by atoms with Crippen LogP contribution in [0.1, 0.15) is 77.3 Å². The van der Waals surface area contributed by atoms with Gasteiger partial charge in [-0.2, -0.15) is 0 Å². The highest BCUT2D eigenvalue weighted by Crippen LogP contribution is 2.26. The first-order valence-electron chi connectivity index (χ1n) is 13.6. The van der Waals surface area contributed by atoms with Gasteiger partial charge in [-0.15, -0.1) is 0 Å². The molecule has 208 valence electrons. The molecule has 1 saturated heterocycles. The maximum Gasteiger partial charge on any atom is 0.335 e. The van der Waals surface area contributed by atoms with Gasteiger partial charge in [0, 0.05) is 25.1 Å². The number of imide groups is 1. The van der Waals surface area contributed by atoms with Gasteiger partial charge in [-0.05, 0) is 36.6 Å². The lowest BCUT2D eigenvalue weighted by atomic mass is 10.1. The van der Waals surface area contributed by atoms with E-state index in [4.69, 9.17) is 0 Å². The number of hydrogen-bond acceptors (Lipinski definition) is 5. The fourth-order valence-electron chi connectivity index (χ4n) is 4.59. The minimum absolute atomic E-state index is 0.134. The van der Waals surface area contributed by atoms with E-state index in [9.17, 15) is 24.3 Å². The summed E-state index contributed by atoms with van der Waals surface area (Å²) in [5.74, 6) is -0.874. The van der Waals surface area contributed by atoms with E-state index in [1.165, 1.54) is 9.80 Å². The van der Waals surface area contributed by atoms with Crippen molar-refractivity contribution in [3.05, 3.63) is 94.7 Å². The zero-order valence-corrected chi connectivity index (χ0v) is 22.9. The molecule has 0 atom stereocenters. The van der Waals surface area contributed by atoms with Gasteiger partial charge in [0.05, 0.1) is 24.0 Å². The van der Waals surface area contributed by atoms with Gasteiger partial charge in [0.15, 0.2) is 5.78 Å². The lowest BCUT2D eigenvalue weighted by molar-refractivity contribution is -0.123. The van der Waals surface area contributed by atoms with Crippen molar-refractivity contribution in [2.75, 3.05) is 13.1 Å². The SMILES string of the molecule is CCCCc1ncc(/C=C2/C(=O)N(CCCC)C(=O)N2CC(=O)c2ccccc2)n1Cc1ccc(C(=O)O)cc1. The molecule has 2 aromatic carbocycles. The summed E-state index contributed by atoms with van der Waals surface area (Å²) >= 11 is 0. The number of carbonyl (C=O) groups excluding carboxylic acids is 3. The second kappa shape index (κ2) is 13.0. The molecule has 1 aliphatic heterocycles. The number of aromatic carboxylic acids is 1. The summed E-state index contributed by atoms with van der Waals surface area (Å²) in [6.45, 7) is 4.51. The monoisotopic (exact) mass is 542 g/mol. The van der Waals surface area contributed by atoms with Gasteiger partial charge in [0.25, 0.3) is 5.91 Å². The third-order valence-electron chi connectivity index (χ3n) is 6.90. The first-order valence-corrected chi connectivity index (χ1v) is 13.6. The number of hydrogen-bond donors (Lipinski definition) is 1. The Morgan fingerprint density at radius 2 is 1.60 bits per heavy atom. The quantitative estimate of drug-likeness (QED) is 0.179. The van der Waals surface area contributed by atoms with E-state index in [1.54, 1.807) is 60.8 Å². The van der Waals surface area contributed by atoms with Crippen molar-refractivity contribution in [1.29, 1.82) is 0 Å². The number of Topliss-reactive ketones (excluding diaryl/α,β-unsaturated/α-hetero) is 1. The molecule has 2 heterocycles. The molecule has 1 aliphatic rings. The van der Waals surface area contributed by atoms with E-state index in [0.717, 1.165) is 37.1 Å². The number of carboxylic acid groups (broad SMARTS) is 1. The first-order chi connectivity index (χ1) is 19.3. The molecule has 0 saturated carbocycles. The van der Waals surface area contributed by atoms with Gasteiger partial charge < -0.3 is 9.67 Å². The van der Waals surface area contributed by atoms with Crippen LogP contribution in [0.5, 0.6) is 0 Å². The van der Waals surface area contributed by atoms with E-state index < -0.39 is 17.9 Å². The number of aromatic nitrogens is 2. The molecule has 3 amide bonds. The van der Waals surface area contributed by atoms with Crippen molar-refractivity contribution in [3.63, 3.8) is 0 Å². The van der Waals surface area contributed by atoms with Crippen molar-refractivity contribution >= 4 is 29.8 Å². The summed E-state index contributed by atoms with van der Waals surface area (Å²) in [6.07, 6.45) is 7.41. The summed E-state index contributed by atoms with van der Waals surface area (Å²) < 4.78 is 1.97. The second-order valence-electron chi connectivity index (χ2n) is 9.79. The Balaban J connectivity index is 1.72. The van der Waals surface area contributed by atoms with Crippen molar-refractivity contribution < 1.29 is 24.3 Å². The van der Waals surface area contributed by atoms with Gasteiger partial charge in [-0.25, -0.2) is 14.6 Å². The highest BCUT2D eigenvalue weighted by atomic mass is 16.4. The lowest BCUT2D eigenvalue weighted by Gasteiger charge is -2.17. The number of aryl methyl sites for hydroxylation is 1. The van der Waals surface area contributed by atoms with Crippen LogP contribution in [-0.2, 0) is 17.8 Å². The van der Waals surface area contributed by atoms with Crippen LogP contribution >= 0.6 is 0 Å². The zero-order valence-electron chi connectivity index (χ0n) is 22.9. The zero-order chi connectivity index (χ0) is 28.6. The molecule has 1 aromatic heterocycles. The summed E-state index contributed by atoms with van der Waals surface area (Å²) in [4.78, 5) is 58.3. The molecule has 0 radical (unpaired) electrons. The number of benzene rings is 2. The van der Waals surface area contributed by atoms with Gasteiger partial charge in [0.1, 0.15) is 11.5 Å². The van der Waals surface area contributed by atoms with E-state index in [0.29, 0.717) is 24.2 Å². The summed E-state index contributed by atoms with van der Waals surface area (Å²) in [7, 11) is 0. The molecule has 4 rings (SSSR count). The number of amides is 3. The largest absolute Gasteiger partial charge is 0.478 e. The Labute approximate surface area is 233 Å². The Hall–Kier alpha value is -4.53. The van der Waals surface area contributed by atoms with Crippen molar-refractivity contribution in [3.8, 4) is 0 Å². The molecule has 0 spiro atoms. The molecule has 0 bridgehead atoms. The molecule has 1 N–H and O–H groups in total. The molecule has 0 aliphatic carbocycles. The fourth-order valence-corrected chi connectivity index (χ4v) is 4.59. The number of rotatable bonds is 13. The minimum atomic E-state index is -0.995. The maximum absolute atomic E-state index is 13.5. The number of ketones is 1. The predicted molar refractivity (Wildman–Crippen MR) is 151 cm³/mol. The van der Waals surface area contributed by atoms with E-state index in [-0.39, 0.29) is 30.1 Å². The standard InChI is InChI=1S/C31H34N4O5/c1-3-5-12-28-32-19-25(34(28)20-22-13-15-24(16-14-22)30(38)39)18-26-29(37)33(17-6-4-2)31(40)35(26)21-27(36)23-10-8-7-9-11-23/h7-11,13-16,18-19H,3-6,12,17,20-21H2,1-2H3,(H,38,39)/b26-18-. The molecule has 9 nitrogen and oxygen atoms in total. The minimum Gasteiger partial charge on any atom is -0.478 e. The average Bonchev–Trinajstić information content (AvgIpc) is 3.43. The lowest BCUT2D eigenvalue weighted by Crippen LogP contribution is -2.36. The summed E-state index contributed by atoms with van der Waals surface area (Å²) in [6, 6.07) is 14.8. The number of carboxylic acids is 1. The van der Waals surface area contributed by atoms with Crippen LogP contribution in [0.2, 0.25) is 0 Å². The Morgan fingerprint density at radius 1 is 0.900 bits per heavy atom.